The maximum absolute atomic E-state index is 12.9. The van der Waals surface area contributed by atoms with Crippen molar-refractivity contribution in [3.8, 4) is 17.2 Å². The minimum atomic E-state index is -0.0809. The summed E-state index contributed by atoms with van der Waals surface area (Å²) in [4.78, 5) is 17.0. The van der Waals surface area contributed by atoms with Crippen molar-refractivity contribution in [3.63, 3.8) is 0 Å². The Bertz CT molecular complexity index is 1090. The molecule has 1 amide bonds. The lowest BCUT2D eigenvalue weighted by molar-refractivity contribution is 0.0594. The first-order valence-corrected chi connectivity index (χ1v) is 11.3. The summed E-state index contributed by atoms with van der Waals surface area (Å²) in [6.45, 7) is 4.31. The number of benzene rings is 2. The summed E-state index contributed by atoms with van der Waals surface area (Å²) < 4.78 is 23.3. The van der Waals surface area contributed by atoms with Crippen LogP contribution >= 0.6 is 15.9 Å². The van der Waals surface area contributed by atoms with E-state index >= 15 is 0 Å². The van der Waals surface area contributed by atoms with Crippen LogP contribution in [0.15, 0.2) is 63.5 Å². The van der Waals surface area contributed by atoms with Crippen molar-refractivity contribution in [1.29, 1.82) is 0 Å². The SMILES string of the molecule is O=C(c1ccc(COc2ccc(Br)cc2)o1)N1CCN(Cc2ccc3c(c2)OCO3)CC1. The molecule has 5 rings (SSSR count). The summed E-state index contributed by atoms with van der Waals surface area (Å²) in [5.41, 5.74) is 1.18. The molecule has 32 heavy (non-hydrogen) atoms. The summed E-state index contributed by atoms with van der Waals surface area (Å²) in [5, 5.41) is 0. The molecule has 3 heterocycles. The van der Waals surface area contributed by atoms with Gasteiger partial charge in [-0.1, -0.05) is 22.0 Å². The monoisotopic (exact) mass is 498 g/mol. The average Bonchev–Trinajstić information content (AvgIpc) is 3.48. The van der Waals surface area contributed by atoms with Crippen molar-refractivity contribution in [2.75, 3.05) is 33.0 Å². The maximum Gasteiger partial charge on any atom is 0.289 e. The van der Waals surface area contributed by atoms with Gasteiger partial charge in [0.15, 0.2) is 17.3 Å². The first-order chi connectivity index (χ1) is 15.6. The van der Waals surface area contributed by atoms with E-state index < -0.39 is 0 Å². The molecule has 0 unspecified atom stereocenters. The topological polar surface area (TPSA) is 64.4 Å². The quantitative estimate of drug-likeness (QED) is 0.504. The third-order valence-corrected chi connectivity index (χ3v) is 6.10. The fourth-order valence-electron chi connectivity index (χ4n) is 3.82. The molecule has 1 fully saturated rings. The number of hydrogen-bond donors (Lipinski definition) is 0. The van der Waals surface area contributed by atoms with Gasteiger partial charge in [-0.05, 0) is 54.1 Å². The zero-order chi connectivity index (χ0) is 21.9. The van der Waals surface area contributed by atoms with Crippen LogP contribution in [0, 0.1) is 0 Å². The molecular weight excluding hydrogens is 476 g/mol. The molecule has 3 aromatic rings. The van der Waals surface area contributed by atoms with Crippen LogP contribution in [-0.2, 0) is 13.2 Å². The molecule has 0 atom stereocenters. The van der Waals surface area contributed by atoms with Gasteiger partial charge < -0.3 is 23.5 Å². The summed E-state index contributed by atoms with van der Waals surface area (Å²) in [5.74, 6) is 3.23. The van der Waals surface area contributed by atoms with Gasteiger partial charge in [0.05, 0.1) is 0 Å². The highest BCUT2D eigenvalue weighted by atomic mass is 79.9. The molecule has 0 N–H and O–H groups in total. The smallest absolute Gasteiger partial charge is 0.289 e. The molecule has 1 saturated heterocycles. The van der Waals surface area contributed by atoms with Crippen molar-refractivity contribution < 1.29 is 23.4 Å². The third kappa shape index (κ3) is 4.76. The molecule has 7 nitrogen and oxygen atoms in total. The minimum Gasteiger partial charge on any atom is -0.486 e. The molecule has 8 heteroatoms. The minimum absolute atomic E-state index is 0.0809. The number of ether oxygens (including phenoxy) is 3. The number of furan rings is 1. The molecule has 1 aromatic heterocycles. The van der Waals surface area contributed by atoms with E-state index in [0.29, 0.717) is 24.6 Å². The van der Waals surface area contributed by atoms with Gasteiger partial charge in [0.1, 0.15) is 18.1 Å². The van der Waals surface area contributed by atoms with Gasteiger partial charge in [0.25, 0.3) is 5.91 Å². The first kappa shape index (κ1) is 20.9. The van der Waals surface area contributed by atoms with Crippen molar-refractivity contribution >= 4 is 21.8 Å². The normalized spacial score (nSPS) is 15.7. The average molecular weight is 499 g/mol. The lowest BCUT2D eigenvalue weighted by Crippen LogP contribution is -2.48. The van der Waals surface area contributed by atoms with Crippen LogP contribution in [0.1, 0.15) is 21.9 Å². The summed E-state index contributed by atoms with van der Waals surface area (Å²) in [6, 6.07) is 17.1. The molecule has 2 aromatic carbocycles. The Morgan fingerprint density at radius 3 is 2.53 bits per heavy atom. The second kappa shape index (κ2) is 9.26. The van der Waals surface area contributed by atoms with Crippen LogP contribution in [0.4, 0.5) is 0 Å². The number of fused-ring (bicyclic) bond motifs is 1. The number of rotatable bonds is 6. The van der Waals surface area contributed by atoms with E-state index in [1.165, 1.54) is 5.56 Å². The van der Waals surface area contributed by atoms with E-state index in [4.69, 9.17) is 18.6 Å². The molecule has 0 saturated carbocycles. The summed E-state index contributed by atoms with van der Waals surface area (Å²) in [7, 11) is 0. The standard InChI is InChI=1S/C24H23BrN2O5/c25-18-2-4-19(5-3-18)29-15-20-6-8-22(32-20)24(28)27-11-9-26(10-12-27)14-17-1-7-21-23(13-17)31-16-30-21/h1-8,13H,9-12,14-16H2. The predicted molar refractivity (Wildman–Crippen MR) is 121 cm³/mol. The molecule has 2 aliphatic heterocycles. The van der Waals surface area contributed by atoms with E-state index in [1.807, 2.05) is 41.3 Å². The van der Waals surface area contributed by atoms with Gasteiger partial charge >= 0.3 is 0 Å². The fourth-order valence-corrected chi connectivity index (χ4v) is 4.08. The van der Waals surface area contributed by atoms with E-state index in [-0.39, 0.29) is 19.3 Å². The van der Waals surface area contributed by atoms with Crippen molar-refractivity contribution in [2.24, 2.45) is 0 Å². The number of nitrogens with zero attached hydrogens (tertiary/aromatic N) is 2. The van der Waals surface area contributed by atoms with Crippen molar-refractivity contribution in [1.82, 2.24) is 9.80 Å². The first-order valence-electron chi connectivity index (χ1n) is 10.5. The molecular formula is C24H23BrN2O5. The Balaban J connectivity index is 1.11. The highest BCUT2D eigenvalue weighted by Gasteiger charge is 2.25. The number of piperazine rings is 1. The summed E-state index contributed by atoms with van der Waals surface area (Å²) >= 11 is 3.40. The molecule has 0 aliphatic carbocycles. The Morgan fingerprint density at radius 1 is 0.938 bits per heavy atom. The fraction of sp³-hybridized carbons (Fsp3) is 0.292. The predicted octanol–water partition coefficient (Wildman–Crippen LogP) is 4.31. The maximum atomic E-state index is 12.9. The van der Waals surface area contributed by atoms with Gasteiger partial charge in [0.2, 0.25) is 6.79 Å². The van der Waals surface area contributed by atoms with Gasteiger partial charge in [-0.2, -0.15) is 0 Å². The lowest BCUT2D eigenvalue weighted by atomic mass is 10.1. The van der Waals surface area contributed by atoms with Crippen LogP contribution in [0.5, 0.6) is 17.2 Å². The number of carbonyl (C=O) groups is 1. The van der Waals surface area contributed by atoms with Crippen LogP contribution in [0.3, 0.4) is 0 Å². The molecule has 0 bridgehead atoms. The van der Waals surface area contributed by atoms with E-state index in [9.17, 15) is 4.79 Å². The number of carbonyl (C=O) groups excluding carboxylic acids is 1. The number of hydrogen-bond acceptors (Lipinski definition) is 6. The van der Waals surface area contributed by atoms with Crippen LogP contribution < -0.4 is 14.2 Å². The number of halogens is 1. The van der Waals surface area contributed by atoms with Crippen molar-refractivity contribution in [3.05, 3.63) is 76.2 Å². The van der Waals surface area contributed by atoms with Gasteiger partial charge in [-0.15, -0.1) is 0 Å². The molecule has 0 radical (unpaired) electrons. The van der Waals surface area contributed by atoms with E-state index in [2.05, 4.69) is 26.9 Å². The molecule has 0 spiro atoms. The zero-order valence-electron chi connectivity index (χ0n) is 17.5. The molecule has 166 valence electrons. The summed E-state index contributed by atoms with van der Waals surface area (Å²) in [6.07, 6.45) is 0. The highest BCUT2D eigenvalue weighted by molar-refractivity contribution is 9.10. The second-order valence-electron chi connectivity index (χ2n) is 7.76. The zero-order valence-corrected chi connectivity index (χ0v) is 19.0. The Hall–Kier alpha value is -2.97. The Kier molecular flexibility index (Phi) is 6.05. The Labute approximate surface area is 194 Å². The third-order valence-electron chi connectivity index (χ3n) is 5.57. The molecule has 2 aliphatic rings. The van der Waals surface area contributed by atoms with E-state index in [0.717, 1.165) is 41.4 Å². The number of amides is 1. The van der Waals surface area contributed by atoms with Gasteiger partial charge in [0, 0.05) is 37.2 Å². The van der Waals surface area contributed by atoms with Crippen LogP contribution in [0.2, 0.25) is 0 Å². The van der Waals surface area contributed by atoms with Crippen LogP contribution in [0.25, 0.3) is 0 Å². The van der Waals surface area contributed by atoms with Crippen LogP contribution in [-0.4, -0.2) is 48.7 Å². The highest BCUT2D eigenvalue weighted by Crippen LogP contribution is 2.33. The second-order valence-corrected chi connectivity index (χ2v) is 8.68. The van der Waals surface area contributed by atoms with Gasteiger partial charge in [-0.25, -0.2) is 0 Å². The van der Waals surface area contributed by atoms with E-state index in [1.54, 1.807) is 12.1 Å². The largest absolute Gasteiger partial charge is 0.486 e. The van der Waals surface area contributed by atoms with Crippen molar-refractivity contribution in [2.45, 2.75) is 13.2 Å². The Morgan fingerprint density at radius 2 is 1.72 bits per heavy atom. The lowest BCUT2D eigenvalue weighted by Gasteiger charge is -2.34. The van der Waals surface area contributed by atoms with Gasteiger partial charge in [-0.3, -0.25) is 9.69 Å².